The van der Waals surface area contributed by atoms with E-state index in [9.17, 15) is 9.90 Å². The van der Waals surface area contributed by atoms with Gasteiger partial charge < -0.3 is 14.4 Å². The van der Waals surface area contributed by atoms with Crippen LogP contribution in [0.25, 0.3) is 0 Å². The summed E-state index contributed by atoms with van der Waals surface area (Å²) in [5.74, 6) is 0.316. The fourth-order valence-corrected chi connectivity index (χ4v) is 3.98. The maximum absolute atomic E-state index is 12.8. The number of thiazole rings is 1. The van der Waals surface area contributed by atoms with E-state index in [0.717, 1.165) is 24.3 Å². The van der Waals surface area contributed by atoms with Crippen LogP contribution in [0.15, 0.2) is 48.5 Å². The van der Waals surface area contributed by atoms with Gasteiger partial charge in [0.1, 0.15) is 23.5 Å². The van der Waals surface area contributed by atoms with Crippen LogP contribution in [0.5, 0.6) is 5.75 Å². The third-order valence-electron chi connectivity index (χ3n) is 4.67. The lowest BCUT2D eigenvalue weighted by Gasteiger charge is -2.26. The third-order valence-corrected chi connectivity index (χ3v) is 5.51. The maximum atomic E-state index is 12.8. The maximum Gasteiger partial charge on any atom is 0.169 e. The van der Waals surface area contributed by atoms with Crippen molar-refractivity contribution in [3.05, 3.63) is 64.6 Å². The van der Waals surface area contributed by atoms with Gasteiger partial charge in [-0.25, -0.2) is 9.97 Å². The average Bonchev–Trinajstić information content (AvgIpc) is 3.35. The second kappa shape index (κ2) is 7.39. The quantitative estimate of drug-likeness (QED) is 0.723. The highest BCUT2D eigenvalue weighted by Crippen LogP contribution is 2.36. The van der Waals surface area contributed by atoms with Crippen molar-refractivity contribution in [2.75, 3.05) is 6.61 Å². The van der Waals surface area contributed by atoms with Crippen molar-refractivity contribution < 1.29 is 14.6 Å². The van der Waals surface area contributed by atoms with Gasteiger partial charge in [-0.1, -0.05) is 0 Å². The topological polar surface area (TPSA) is 77.2 Å². The molecule has 0 saturated carbocycles. The second-order valence-corrected chi connectivity index (χ2v) is 7.22. The molecule has 0 bridgehead atoms. The van der Waals surface area contributed by atoms with Gasteiger partial charge >= 0.3 is 0 Å². The molecule has 0 saturated heterocycles. The van der Waals surface area contributed by atoms with Gasteiger partial charge in [0.25, 0.3) is 0 Å². The summed E-state index contributed by atoms with van der Waals surface area (Å²) in [4.78, 5) is 20.9. The summed E-state index contributed by atoms with van der Waals surface area (Å²) in [5, 5.41) is 12.9. The number of aliphatic hydroxyl groups is 1. The van der Waals surface area contributed by atoms with E-state index in [-0.39, 0.29) is 5.78 Å². The van der Waals surface area contributed by atoms with Crippen LogP contribution in [0.1, 0.15) is 33.5 Å². The first kappa shape index (κ1) is 16.9. The summed E-state index contributed by atoms with van der Waals surface area (Å²) in [6.07, 6.45) is 7.56. The Kier molecular flexibility index (Phi) is 4.81. The molecule has 6 nitrogen and oxygen atoms in total. The number of imidazole rings is 1. The molecule has 4 rings (SSSR count). The Morgan fingerprint density at radius 2 is 2.31 bits per heavy atom. The molecule has 1 aliphatic rings. The Morgan fingerprint density at radius 3 is 3.08 bits per heavy atom. The Balaban J connectivity index is 1.43. The molecule has 2 heterocycles. The molecular formula is C19H19N3O3S. The van der Waals surface area contributed by atoms with Crippen molar-refractivity contribution in [2.24, 2.45) is 5.92 Å². The van der Waals surface area contributed by atoms with Crippen molar-refractivity contribution in [1.29, 1.82) is 0 Å². The fraction of sp³-hybridized carbons (Fsp3) is 0.316. The van der Waals surface area contributed by atoms with Gasteiger partial charge in [0, 0.05) is 29.5 Å². The predicted octanol–water partition coefficient (Wildman–Crippen LogP) is 2.90. The number of hydrogen-bond donors (Lipinski definition) is 1. The molecule has 1 aromatic carbocycles. The number of carbonyl (C=O) groups excluding carboxylic acids is 1. The van der Waals surface area contributed by atoms with E-state index in [1.165, 1.54) is 11.3 Å². The predicted molar refractivity (Wildman–Crippen MR) is 97.4 cm³/mol. The smallest absolute Gasteiger partial charge is 0.169 e. The number of ketones is 1. The van der Waals surface area contributed by atoms with Crippen LogP contribution in [0.3, 0.4) is 0 Å². The first-order valence-corrected chi connectivity index (χ1v) is 9.43. The summed E-state index contributed by atoms with van der Waals surface area (Å²) in [7, 11) is 0. The standard InChI is InChI=1S/C19H19N3O3S/c23-17-15-4-2-14(25-9-8-22-7-5-20-12-22)11-13(15)1-3-16(17)18(24)19-21-6-10-26-19/h2,4-7,10-12,16,18,24H,1,3,8-9H2. The molecule has 1 N–H and O–H groups in total. The number of rotatable bonds is 6. The highest BCUT2D eigenvalue weighted by atomic mass is 32.1. The average molecular weight is 369 g/mol. The highest BCUT2D eigenvalue weighted by molar-refractivity contribution is 7.09. The van der Waals surface area contributed by atoms with Gasteiger partial charge in [-0.05, 0) is 36.6 Å². The number of benzene rings is 1. The lowest BCUT2D eigenvalue weighted by molar-refractivity contribution is 0.0637. The van der Waals surface area contributed by atoms with E-state index in [0.29, 0.717) is 23.6 Å². The molecule has 134 valence electrons. The van der Waals surface area contributed by atoms with Gasteiger partial charge in [-0.2, -0.15) is 0 Å². The SMILES string of the molecule is O=C1c2ccc(OCCn3ccnc3)cc2CCC1C(O)c1nccs1. The number of fused-ring (bicyclic) bond motifs is 1. The van der Waals surface area contributed by atoms with E-state index in [1.54, 1.807) is 18.7 Å². The van der Waals surface area contributed by atoms with Crippen LogP contribution in [-0.2, 0) is 13.0 Å². The van der Waals surface area contributed by atoms with Crippen LogP contribution >= 0.6 is 11.3 Å². The van der Waals surface area contributed by atoms with Gasteiger partial charge in [0.15, 0.2) is 5.78 Å². The molecule has 1 aliphatic carbocycles. The van der Waals surface area contributed by atoms with Crippen LogP contribution in [0, 0.1) is 5.92 Å². The Bertz CT molecular complexity index is 878. The minimum absolute atomic E-state index is 0.0149. The summed E-state index contributed by atoms with van der Waals surface area (Å²) < 4.78 is 7.75. The number of hydrogen-bond acceptors (Lipinski definition) is 6. The first-order chi connectivity index (χ1) is 12.7. The van der Waals surface area contributed by atoms with Gasteiger partial charge in [0.2, 0.25) is 0 Å². The van der Waals surface area contributed by atoms with Crippen molar-refractivity contribution >= 4 is 17.1 Å². The normalized spacial score (nSPS) is 17.7. The van der Waals surface area contributed by atoms with Gasteiger partial charge in [-0.3, -0.25) is 4.79 Å². The Hall–Kier alpha value is -2.51. The highest BCUT2D eigenvalue weighted by Gasteiger charge is 2.34. The second-order valence-electron chi connectivity index (χ2n) is 6.29. The van der Waals surface area contributed by atoms with Gasteiger partial charge in [-0.15, -0.1) is 11.3 Å². The zero-order valence-electron chi connectivity index (χ0n) is 14.1. The molecule has 0 aliphatic heterocycles. The first-order valence-electron chi connectivity index (χ1n) is 8.55. The van der Waals surface area contributed by atoms with Crippen molar-refractivity contribution in [3.63, 3.8) is 0 Å². The lowest BCUT2D eigenvalue weighted by atomic mass is 9.80. The number of nitrogens with zero attached hydrogens (tertiary/aromatic N) is 3. The minimum atomic E-state index is -0.832. The largest absolute Gasteiger partial charge is 0.492 e. The van der Waals surface area contributed by atoms with E-state index >= 15 is 0 Å². The minimum Gasteiger partial charge on any atom is -0.492 e. The van der Waals surface area contributed by atoms with E-state index in [4.69, 9.17) is 4.74 Å². The Morgan fingerprint density at radius 1 is 1.38 bits per heavy atom. The Labute approximate surface area is 155 Å². The molecular weight excluding hydrogens is 350 g/mol. The molecule has 2 atom stereocenters. The summed E-state index contributed by atoms with van der Waals surface area (Å²) in [6, 6.07) is 5.57. The molecule has 3 aromatic rings. The van der Waals surface area contributed by atoms with E-state index in [1.807, 2.05) is 34.3 Å². The molecule has 7 heteroatoms. The summed E-state index contributed by atoms with van der Waals surface area (Å²) in [5.41, 5.74) is 1.66. The third kappa shape index (κ3) is 3.40. The van der Waals surface area contributed by atoms with Crippen LogP contribution < -0.4 is 4.74 Å². The van der Waals surface area contributed by atoms with Crippen molar-refractivity contribution in [2.45, 2.75) is 25.5 Å². The van der Waals surface area contributed by atoms with Gasteiger partial charge in [0.05, 0.1) is 18.8 Å². The number of carbonyl (C=O) groups is 1. The van der Waals surface area contributed by atoms with Crippen LogP contribution in [0.4, 0.5) is 0 Å². The zero-order valence-corrected chi connectivity index (χ0v) is 14.9. The molecule has 0 spiro atoms. The molecule has 2 unspecified atom stereocenters. The number of ether oxygens (including phenoxy) is 1. The number of aryl methyl sites for hydroxylation is 1. The summed E-state index contributed by atoms with van der Waals surface area (Å²) >= 11 is 1.38. The van der Waals surface area contributed by atoms with E-state index < -0.39 is 12.0 Å². The molecule has 2 aromatic heterocycles. The van der Waals surface area contributed by atoms with Crippen LogP contribution in [0.2, 0.25) is 0 Å². The number of Topliss-reactive ketones (excluding diaryl/α,β-unsaturated/α-hetero) is 1. The number of aromatic nitrogens is 3. The molecule has 0 fully saturated rings. The molecule has 0 radical (unpaired) electrons. The lowest BCUT2D eigenvalue weighted by Crippen LogP contribution is -2.28. The van der Waals surface area contributed by atoms with Crippen molar-refractivity contribution in [1.82, 2.24) is 14.5 Å². The number of aliphatic hydroxyl groups excluding tert-OH is 1. The van der Waals surface area contributed by atoms with Crippen LogP contribution in [-0.4, -0.2) is 32.0 Å². The van der Waals surface area contributed by atoms with E-state index in [2.05, 4.69) is 9.97 Å². The summed E-state index contributed by atoms with van der Waals surface area (Å²) in [6.45, 7) is 1.26. The molecule has 26 heavy (non-hydrogen) atoms. The zero-order chi connectivity index (χ0) is 17.9. The van der Waals surface area contributed by atoms with Crippen molar-refractivity contribution in [3.8, 4) is 5.75 Å². The monoisotopic (exact) mass is 369 g/mol. The fourth-order valence-electron chi connectivity index (χ4n) is 3.29. The molecule has 0 amide bonds.